The summed E-state index contributed by atoms with van der Waals surface area (Å²) in [6.07, 6.45) is 1.32. The van der Waals surface area contributed by atoms with Gasteiger partial charge in [0.2, 0.25) is 0 Å². The van der Waals surface area contributed by atoms with E-state index in [4.69, 9.17) is 4.74 Å². The number of hydrogen-bond acceptors (Lipinski definition) is 3. The van der Waals surface area contributed by atoms with Gasteiger partial charge in [-0.15, -0.1) is 0 Å². The van der Waals surface area contributed by atoms with Crippen LogP contribution in [-0.4, -0.2) is 50.3 Å². The van der Waals surface area contributed by atoms with Crippen LogP contribution in [0.2, 0.25) is 0 Å². The molecule has 0 aromatic carbocycles. The number of nitrogens with one attached hydrogen (secondary N) is 1. The fourth-order valence-corrected chi connectivity index (χ4v) is 2.16. The van der Waals surface area contributed by atoms with Gasteiger partial charge < -0.3 is 10.1 Å². The molecule has 1 N–H and O–H groups in total. The molecule has 1 aliphatic heterocycles. The Bertz CT molecular complexity index is 173. The summed E-state index contributed by atoms with van der Waals surface area (Å²) < 4.78 is 5.15. The molecule has 0 saturated carbocycles. The molecule has 0 aromatic heterocycles. The van der Waals surface area contributed by atoms with E-state index < -0.39 is 0 Å². The fraction of sp³-hybridized carbons (Fsp3) is 1.00. The van der Waals surface area contributed by atoms with Gasteiger partial charge in [-0.1, -0.05) is 6.92 Å². The number of ether oxygens (including phenoxy) is 1. The molecule has 0 amide bonds. The highest BCUT2D eigenvalue weighted by molar-refractivity contribution is 4.84. The molecule has 0 aromatic rings. The van der Waals surface area contributed by atoms with Gasteiger partial charge in [-0.25, -0.2) is 0 Å². The monoisotopic (exact) mass is 214 g/mol. The van der Waals surface area contributed by atoms with Gasteiger partial charge >= 0.3 is 0 Å². The summed E-state index contributed by atoms with van der Waals surface area (Å²) >= 11 is 0. The predicted octanol–water partition coefficient (Wildman–Crippen LogP) is 1.34. The van der Waals surface area contributed by atoms with Gasteiger partial charge in [0.15, 0.2) is 0 Å². The van der Waals surface area contributed by atoms with Crippen LogP contribution in [-0.2, 0) is 4.74 Å². The Morgan fingerprint density at radius 2 is 2.20 bits per heavy atom. The van der Waals surface area contributed by atoms with Crippen molar-refractivity contribution in [2.24, 2.45) is 5.92 Å². The Morgan fingerprint density at radius 1 is 1.47 bits per heavy atom. The van der Waals surface area contributed by atoms with Crippen molar-refractivity contribution in [3.05, 3.63) is 0 Å². The lowest BCUT2D eigenvalue weighted by Gasteiger charge is -2.30. The third-order valence-electron chi connectivity index (χ3n) is 3.44. The molecule has 1 rings (SSSR count). The van der Waals surface area contributed by atoms with Crippen LogP contribution in [0.3, 0.4) is 0 Å². The number of hydrogen-bond donors (Lipinski definition) is 1. The van der Waals surface area contributed by atoms with E-state index >= 15 is 0 Å². The zero-order chi connectivity index (χ0) is 11.3. The first kappa shape index (κ1) is 12.9. The standard InChI is InChI=1S/C12H26N2O/c1-10(2)14(7-8-15-4)9-12-11(3)5-6-13-12/h10-13H,5-9H2,1-4H3. The molecule has 0 bridgehead atoms. The van der Waals surface area contributed by atoms with Crippen molar-refractivity contribution >= 4 is 0 Å². The van der Waals surface area contributed by atoms with E-state index in [0.717, 1.165) is 25.6 Å². The molecule has 2 atom stereocenters. The first-order valence-corrected chi connectivity index (χ1v) is 6.11. The maximum atomic E-state index is 5.15. The lowest BCUT2D eigenvalue weighted by atomic mass is 10.0. The zero-order valence-corrected chi connectivity index (χ0v) is 10.6. The maximum absolute atomic E-state index is 5.15. The van der Waals surface area contributed by atoms with Gasteiger partial charge in [-0.3, -0.25) is 4.90 Å². The molecule has 1 saturated heterocycles. The number of nitrogens with zero attached hydrogens (tertiary/aromatic N) is 1. The minimum absolute atomic E-state index is 0.606. The highest BCUT2D eigenvalue weighted by atomic mass is 16.5. The Labute approximate surface area is 94.2 Å². The topological polar surface area (TPSA) is 24.5 Å². The second kappa shape index (κ2) is 6.46. The van der Waals surface area contributed by atoms with E-state index in [-0.39, 0.29) is 0 Å². The second-order valence-corrected chi connectivity index (χ2v) is 4.91. The quantitative estimate of drug-likeness (QED) is 0.722. The number of rotatable bonds is 6. The van der Waals surface area contributed by atoms with Gasteiger partial charge in [0.1, 0.15) is 0 Å². The summed E-state index contributed by atoms with van der Waals surface area (Å²) in [6.45, 7) is 11.1. The van der Waals surface area contributed by atoms with E-state index in [0.29, 0.717) is 12.1 Å². The average molecular weight is 214 g/mol. The minimum atomic E-state index is 0.606. The summed E-state index contributed by atoms with van der Waals surface area (Å²) in [5, 5.41) is 3.59. The van der Waals surface area contributed by atoms with Gasteiger partial charge in [0, 0.05) is 32.3 Å². The molecule has 1 fully saturated rings. The molecule has 0 spiro atoms. The van der Waals surface area contributed by atoms with Crippen molar-refractivity contribution < 1.29 is 4.74 Å². The van der Waals surface area contributed by atoms with Crippen LogP contribution < -0.4 is 5.32 Å². The van der Waals surface area contributed by atoms with Crippen molar-refractivity contribution in [1.29, 1.82) is 0 Å². The van der Waals surface area contributed by atoms with Crippen molar-refractivity contribution in [3.63, 3.8) is 0 Å². The summed E-state index contributed by atoms with van der Waals surface area (Å²) in [5.74, 6) is 0.814. The molecule has 15 heavy (non-hydrogen) atoms. The molecular formula is C12H26N2O. The molecule has 0 radical (unpaired) electrons. The Balaban J connectivity index is 2.35. The second-order valence-electron chi connectivity index (χ2n) is 4.91. The van der Waals surface area contributed by atoms with Crippen molar-refractivity contribution in [2.45, 2.75) is 39.3 Å². The smallest absolute Gasteiger partial charge is 0.0589 e. The van der Waals surface area contributed by atoms with Crippen molar-refractivity contribution in [3.8, 4) is 0 Å². The third kappa shape index (κ3) is 4.09. The Morgan fingerprint density at radius 3 is 2.67 bits per heavy atom. The maximum Gasteiger partial charge on any atom is 0.0589 e. The summed E-state index contributed by atoms with van der Waals surface area (Å²) in [5.41, 5.74) is 0. The molecule has 0 aliphatic carbocycles. The minimum Gasteiger partial charge on any atom is -0.383 e. The lowest BCUT2D eigenvalue weighted by Crippen LogP contribution is -2.44. The summed E-state index contributed by atoms with van der Waals surface area (Å²) in [6, 6.07) is 1.28. The molecule has 90 valence electrons. The molecule has 3 heteroatoms. The van der Waals surface area contributed by atoms with Gasteiger partial charge in [-0.2, -0.15) is 0 Å². The highest BCUT2D eigenvalue weighted by Gasteiger charge is 2.25. The fourth-order valence-electron chi connectivity index (χ4n) is 2.16. The summed E-state index contributed by atoms with van der Waals surface area (Å²) in [7, 11) is 1.77. The Kier molecular flexibility index (Phi) is 5.58. The molecular weight excluding hydrogens is 188 g/mol. The van der Waals surface area contributed by atoms with E-state index in [1.807, 2.05) is 0 Å². The van der Waals surface area contributed by atoms with Gasteiger partial charge in [0.05, 0.1) is 6.61 Å². The van der Waals surface area contributed by atoms with Crippen LogP contribution in [0.15, 0.2) is 0 Å². The lowest BCUT2D eigenvalue weighted by molar-refractivity contribution is 0.119. The molecule has 1 heterocycles. The van der Waals surface area contributed by atoms with Gasteiger partial charge in [-0.05, 0) is 32.7 Å². The largest absolute Gasteiger partial charge is 0.383 e. The third-order valence-corrected chi connectivity index (χ3v) is 3.44. The van der Waals surface area contributed by atoms with E-state index in [1.165, 1.54) is 13.0 Å². The van der Waals surface area contributed by atoms with Crippen LogP contribution >= 0.6 is 0 Å². The molecule has 3 nitrogen and oxygen atoms in total. The number of methoxy groups -OCH3 is 1. The predicted molar refractivity (Wildman–Crippen MR) is 64.2 cm³/mol. The normalized spacial score (nSPS) is 26.8. The van der Waals surface area contributed by atoms with Crippen molar-refractivity contribution in [1.82, 2.24) is 10.2 Å². The van der Waals surface area contributed by atoms with Crippen LogP contribution in [0.25, 0.3) is 0 Å². The van der Waals surface area contributed by atoms with E-state index in [1.54, 1.807) is 7.11 Å². The van der Waals surface area contributed by atoms with Crippen LogP contribution in [0.5, 0.6) is 0 Å². The molecule has 2 unspecified atom stereocenters. The van der Waals surface area contributed by atoms with Crippen LogP contribution in [0.1, 0.15) is 27.2 Å². The first-order chi connectivity index (χ1) is 7.15. The first-order valence-electron chi connectivity index (χ1n) is 6.11. The molecule has 1 aliphatic rings. The van der Waals surface area contributed by atoms with E-state index in [2.05, 4.69) is 31.0 Å². The van der Waals surface area contributed by atoms with Gasteiger partial charge in [0.25, 0.3) is 0 Å². The van der Waals surface area contributed by atoms with E-state index in [9.17, 15) is 0 Å². The summed E-state index contributed by atoms with van der Waals surface area (Å²) in [4.78, 5) is 2.50. The van der Waals surface area contributed by atoms with Crippen LogP contribution in [0.4, 0.5) is 0 Å². The highest BCUT2D eigenvalue weighted by Crippen LogP contribution is 2.16. The average Bonchev–Trinajstić information content (AvgIpc) is 2.58. The van der Waals surface area contributed by atoms with Crippen molar-refractivity contribution in [2.75, 3.05) is 33.4 Å². The van der Waals surface area contributed by atoms with Crippen LogP contribution in [0, 0.1) is 5.92 Å². The zero-order valence-electron chi connectivity index (χ0n) is 10.6. The SMILES string of the molecule is COCCN(CC1NCCC1C)C(C)C. The Hall–Kier alpha value is -0.120.